The van der Waals surface area contributed by atoms with Crippen LogP contribution in [-0.2, 0) is 12.0 Å². The molecule has 1 aliphatic carbocycles. The van der Waals surface area contributed by atoms with Gasteiger partial charge in [0.2, 0.25) is 0 Å². The van der Waals surface area contributed by atoms with Crippen LogP contribution in [0.4, 0.5) is 5.82 Å². The van der Waals surface area contributed by atoms with E-state index in [1.165, 1.54) is 24.0 Å². The fourth-order valence-corrected chi connectivity index (χ4v) is 4.21. The number of rotatable bonds is 7. The van der Waals surface area contributed by atoms with Crippen molar-refractivity contribution in [3.63, 3.8) is 0 Å². The van der Waals surface area contributed by atoms with E-state index in [0.717, 1.165) is 57.6 Å². The van der Waals surface area contributed by atoms with E-state index in [0.29, 0.717) is 0 Å². The van der Waals surface area contributed by atoms with Crippen molar-refractivity contribution in [2.24, 2.45) is 4.99 Å². The number of nitrogens with zero attached hydrogens (tertiary/aromatic N) is 4. The van der Waals surface area contributed by atoms with Gasteiger partial charge in [0.15, 0.2) is 5.96 Å². The van der Waals surface area contributed by atoms with Crippen molar-refractivity contribution in [2.45, 2.75) is 31.7 Å². The molecule has 1 aromatic carbocycles. The van der Waals surface area contributed by atoms with Crippen LogP contribution in [0.1, 0.15) is 30.9 Å². The monoisotopic (exact) mass is 406 g/mol. The van der Waals surface area contributed by atoms with E-state index in [1.54, 1.807) is 0 Å². The second-order valence-corrected chi connectivity index (χ2v) is 8.37. The van der Waals surface area contributed by atoms with Gasteiger partial charge >= 0.3 is 0 Å². The number of aromatic nitrogens is 1. The number of guanidine groups is 1. The molecule has 2 fully saturated rings. The molecule has 2 N–H and O–H groups in total. The summed E-state index contributed by atoms with van der Waals surface area (Å²) in [6.07, 6.45) is 4.39. The predicted octanol–water partition coefficient (Wildman–Crippen LogP) is 2.62. The summed E-state index contributed by atoms with van der Waals surface area (Å²) in [5, 5.41) is 7.01. The molecule has 0 atom stereocenters. The zero-order chi connectivity index (χ0) is 20.8. The van der Waals surface area contributed by atoms with Gasteiger partial charge in [-0.15, -0.1) is 0 Å². The first-order valence-electron chi connectivity index (χ1n) is 11.1. The lowest BCUT2D eigenvalue weighted by molar-refractivity contribution is 0.270. The first-order chi connectivity index (χ1) is 14.7. The Kier molecular flexibility index (Phi) is 6.53. The first-order valence-corrected chi connectivity index (χ1v) is 11.1. The Morgan fingerprint density at radius 2 is 1.83 bits per heavy atom. The normalized spacial score (nSPS) is 18.9. The summed E-state index contributed by atoms with van der Waals surface area (Å²) in [6, 6.07) is 15.1. The first kappa shape index (κ1) is 20.7. The van der Waals surface area contributed by atoms with E-state index in [4.69, 9.17) is 0 Å². The second-order valence-electron chi connectivity index (χ2n) is 8.37. The van der Waals surface area contributed by atoms with Gasteiger partial charge in [-0.05, 0) is 42.6 Å². The van der Waals surface area contributed by atoms with E-state index >= 15 is 0 Å². The van der Waals surface area contributed by atoms with E-state index in [2.05, 4.69) is 79.8 Å². The standard InChI is InChI=1S/C24H34N6/c1-3-29-13-15-30(16-14-29)22-17-20(9-12-26-22)18-27-23(25-2)28-19-24(10-11-24)21-7-5-4-6-8-21/h4-9,12,17H,3,10-11,13-16,18-19H2,1-2H3,(H2,25,27,28). The number of hydrogen-bond donors (Lipinski definition) is 2. The van der Waals surface area contributed by atoms with Crippen LogP contribution in [0.5, 0.6) is 0 Å². The largest absolute Gasteiger partial charge is 0.356 e. The topological polar surface area (TPSA) is 55.8 Å². The smallest absolute Gasteiger partial charge is 0.191 e. The van der Waals surface area contributed by atoms with Crippen LogP contribution in [0, 0.1) is 0 Å². The number of anilines is 1. The number of pyridine rings is 1. The average Bonchev–Trinajstić information content (AvgIpc) is 3.61. The highest BCUT2D eigenvalue weighted by Gasteiger charge is 2.43. The Hall–Kier alpha value is -2.60. The highest BCUT2D eigenvalue weighted by molar-refractivity contribution is 5.79. The molecule has 2 aromatic rings. The van der Waals surface area contributed by atoms with Crippen LogP contribution in [0.15, 0.2) is 53.7 Å². The molecule has 1 aliphatic heterocycles. The molecular weight excluding hydrogens is 372 g/mol. The Morgan fingerprint density at radius 3 is 2.50 bits per heavy atom. The van der Waals surface area contributed by atoms with Crippen LogP contribution in [-0.4, -0.2) is 62.2 Å². The van der Waals surface area contributed by atoms with Gasteiger partial charge in [0.05, 0.1) is 0 Å². The Morgan fingerprint density at radius 1 is 1.07 bits per heavy atom. The van der Waals surface area contributed by atoms with E-state index in [1.807, 2.05) is 13.2 Å². The van der Waals surface area contributed by atoms with Crippen molar-refractivity contribution in [1.82, 2.24) is 20.5 Å². The summed E-state index contributed by atoms with van der Waals surface area (Å²) in [4.78, 5) is 13.9. The lowest BCUT2D eigenvalue weighted by atomic mass is 9.96. The van der Waals surface area contributed by atoms with Gasteiger partial charge in [0.25, 0.3) is 0 Å². The van der Waals surface area contributed by atoms with Crippen molar-refractivity contribution in [3.8, 4) is 0 Å². The van der Waals surface area contributed by atoms with E-state index < -0.39 is 0 Å². The van der Waals surface area contributed by atoms with E-state index in [-0.39, 0.29) is 5.41 Å². The zero-order valence-electron chi connectivity index (χ0n) is 18.3. The number of benzene rings is 1. The molecule has 0 amide bonds. The number of hydrogen-bond acceptors (Lipinski definition) is 4. The molecule has 0 spiro atoms. The summed E-state index contributed by atoms with van der Waals surface area (Å²) in [5.74, 6) is 1.93. The lowest BCUT2D eigenvalue weighted by Gasteiger charge is -2.34. The summed E-state index contributed by atoms with van der Waals surface area (Å²) < 4.78 is 0. The molecule has 160 valence electrons. The minimum absolute atomic E-state index is 0.267. The Bertz CT molecular complexity index is 838. The van der Waals surface area contributed by atoms with Crippen LogP contribution >= 0.6 is 0 Å². The van der Waals surface area contributed by atoms with Gasteiger partial charge in [-0.3, -0.25) is 4.99 Å². The molecule has 6 heteroatoms. The number of nitrogens with one attached hydrogen (secondary N) is 2. The highest BCUT2D eigenvalue weighted by Crippen LogP contribution is 2.47. The van der Waals surface area contributed by atoms with Crippen molar-refractivity contribution in [3.05, 3.63) is 59.8 Å². The van der Waals surface area contributed by atoms with Gasteiger partial charge in [-0.2, -0.15) is 0 Å². The molecule has 30 heavy (non-hydrogen) atoms. The Labute approximate surface area is 180 Å². The molecule has 4 rings (SSSR count). The third kappa shape index (κ3) is 4.93. The SMILES string of the molecule is CCN1CCN(c2cc(CNC(=NC)NCC3(c4ccccc4)CC3)ccn2)CC1. The second kappa shape index (κ2) is 9.47. The average molecular weight is 407 g/mol. The third-order valence-electron chi connectivity index (χ3n) is 6.47. The van der Waals surface area contributed by atoms with Crippen molar-refractivity contribution in [2.75, 3.05) is 51.2 Å². The third-order valence-corrected chi connectivity index (χ3v) is 6.47. The molecule has 6 nitrogen and oxygen atoms in total. The van der Waals surface area contributed by atoms with Gasteiger partial charge in [-0.25, -0.2) is 4.98 Å². The minimum Gasteiger partial charge on any atom is -0.356 e. The van der Waals surface area contributed by atoms with Gasteiger partial charge < -0.3 is 20.4 Å². The summed E-state index contributed by atoms with van der Waals surface area (Å²) in [7, 11) is 1.84. The predicted molar refractivity (Wildman–Crippen MR) is 124 cm³/mol. The fourth-order valence-electron chi connectivity index (χ4n) is 4.21. The molecule has 0 radical (unpaired) electrons. The van der Waals surface area contributed by atoms with Crippen molar-refractivity contribution >= 4 is 11.8 Å². The number of piperazine rings is 1. The maximum Gasteiger partial charge on any atom is 0.191 e. The highest BCUT2D eigenvalue weighted by atomic mass is 15.3. The fraction of sp³-hybridized carbons (Fsp3) is 0.500. The molecule has 1 aromatic heterocycles. The summed E-state index contributed by atoms with van der Waals surface area (Å²) in [6.45, 7) is 9.32. The molecule has 2 aliphatic rings. The molecule has 1 saturated heterocycles. The van der Waals surface area contributed by atoms with Crippen LogP contribution < -0.4 is 15.5 Å². The zero-order valence-corrected chi connectivity index (χ0v) is 18.3. The maximum atomic E-state index is 4.61. The van der Waals surface area contributed by atoms with Gasteiger partial charge in [0, 0.05) is 57.9 Å². The van der Waals surface area contributed by atoms with Gasteiger partial charge in [-0.1, -0.05) is 37.3 Å². The molecule has 2 heterocycles. The number of aliphatic imine (C=N–C) groups is 1. The molecular formula is C24H34N6. The summed E-state index contributed by atoms with van der Waals surface area (Å²) in [5.41, 5.74) is 2.92. The Balaban J connectivity index is 1.29. The lowest BCUT2D eigenvalue weighted by Crippen LogP contribution is -2.46. The van der Waals surface area contributed by atoms with E-state index in [9.17, 15) is 0 Å². The van der Waals surface area contributed by atoms with Crippen molar-refractivity contribution in [1.29, 1.82) is 0 Å². The molecule has 0 unspecified atom stereocenters. The van der Waals surface area contributed by atoms with Crippen LogP contribution in [0.25, 0.3) is 0 Å². The van der Waals surface area contributed by atoms with Crippen LogP contribution in [0.3, 0.4) is 0 Å². The van der Waals surface area contributed by atoms with Crippen LogP contribution in [0.2, 0.25) is 0 Å². The number of likely N-dealkylation sites (N-methyl/N-ethyl adjacent to an activating group) is 1. The summed E-state index contributed by atoms with van der Waals surface area (Å²) >= 11 is 0. The quantitative estimate of drug-likeness (QED) is 0.547. The van der Waals surface area contributed by atoms with Gasteiger partial charge in [0.1, 0.15) is 5.82 Å². The van der Waals surface area contributed by atoms with Crippen molar-refractivity contribution < 1.29 is 0 Å². The molecule has 1 saturated carbocycles. The molecule has 0 bridgehead atoms. The maximum absolute atomic E-state index is 4.61. The minimum atomic E-state index is 0.267.